The SMILES string of the molecule is N#Cc1ccccc1N(c1ccc(-c2ccc3ccccc3c2)cc1)c1ccc2ccc3c(N4CCc5ccccc54)ccc4ccc1c2c43. The van der Waals surface area contributed by atoms with Crippen LogP contribution >= 0.6 is 0 Å². The summed E-state index contributed by atoms with van der Waals surface area (Å²) in [6.07, 6.45) is 1.05. The monoisotopic (exact) mass is 637 g/mol. The van der Waals surface area contributed by atoms with Gasteiger partial charge in [0.1, 0.15) is 6.07 Å². The fraction of sp³-hybridized carbons (Fsp3) is 0.0426. The highest BCUT2D eigenvalue weighted by molar-refractivity contribution is 6.28. The van der Waals surface area contributed by atoms with Crippen LogP contribution in [-0.4, -0.2) is 6.54 Å². The van der Waals surface area contributed by atoms with Crippen molar-refractivity contribution in [3.8, 4) is 17.2 Å². The summed E-state index contributed by atoms with van der Waals surface area (Å²) >= 11 is 0. The van der Waals surface area contributed by atoms with Crippen molar-refractivity contribution >= 4 is 71.5 Å². The van der Waals surface area contributed by atoms with Crippen LogP contribution in [0, 0.1) is 11.3 Å². The van der Waals surface area contributed by atoms with Gasteiger partial charge in [-0.2, -0.15) is 5.26 Å². The highest BCUT2D eigenvalue weighted by atomic mass is 15.2. The second-order valence-electron chi connectivity index (χ2n) is 13.2. The van der Waals surface area contributed by atoms with E-state index in [0.717, 1.165) is 41.0 Å². The molecule has 0 unspecified atom stereocenters. The summed E-state index contributed by atoms with van der Waals surface area (Å²) in [7, 11) is 0. The topological polar surface area (TPSA) is 30.3 Å². The molecular formula is C47H31N3. The van der Waals surface area contributed by atoms with Crippen LogP contribution in [0.1, 0.15) is 11.1 Å². The van der Waals surface area contributed by atoms with Crippen LogP contribution in [0.2, 0.25) is 0 Å². The van der Waals surface area contributed by atoms with Gasteiger partial charge in [0.15, 0.2) is 0 Å². The fourth-order valence-electron chi connectivity index (χ4n) is 8.13. The van der Waals surface area contributed by atoms with Crippen LogP contribution in [0.3, 0.4) is 0 Å². The first-order valence-electron chi connectivity index (χ1n) is 17.2. The Balaban J connectivity index is 1.16. The zero-order valence-electron chi connectivity index (χ0n) is 27.3. The molecule has 0 atom stereocenters. The van der Waals surface area contributed by atoms with Crippen molar-refractivity contribution < 1.29 is 0 Å². The molecule has 1 heterocycles. The van der Waals surface area contributed by atoms with E-state index in [-0.39, 0.29) is 0 Å². The van der Waals surface area contributed by atoms with Crippen LogP contribution < -0.4 is 9.80 Å². The van der Waals surface area contributed by atoms with Gasteiger partial charge in [-0.1, -0.05) is 115 Å². The van der Waals surface area contributed by atoms with Crippen molar-refractivity contribution in [1.82, 2.24) is 0 Å². The fourth-order valence-corrected chi connectivity index (χ4v) is 8.13. The number of para-hydroxylation sites is 2. The Labute approximate surface area is 290 Å². The molecule has 1 aliphatic heterocycles. The van der Waals surface area contributed by atoms with E-state index in [4.69, 9.17) is 0 Å². The molecule has 234 valence electrons. The zero-order valence-corrected chi connectivity index (χ0v) is 27.3. The van der Waals surface area contributed by atoms with Crippen LogP contribution in [0.4, 0.5) is 28.4 Å². The van der Waals surface area contributed by atoms with Gasteiger partial charge in [0.25, 0.3) is 0 Å². The molecule has 0 spiro atoms. The number of anilines is 5. The zero-order chi connectivity index (χ0) is 33.2. The molecule has 3 nitrogen and oxygen atoms in total. The minimum absolute atomic E-state index is 0.631. The largest absolute Gasteiger partial charge is 0.340 e. The smallest absolute Gasteiger partial charge is 0.101 e. The van der Waals surface area contributed by atoms with Gasteiger partial charge in [-0.05, 0) is 104 Å². The van der Waals surface area contributed by atoms with E-state index in [0.29, 0.717) is 5.56 Å². The Bertz CT molecular complexity index is 2790. The Morgan fingerprint density at radius 2 is 1.16 bits per heavy atom. The first kappa shape index (κ1) is 28.4. The van der Waals surface area contributed by atoms with Gasteiger partial charge in [-0.25, -0.2) is 0 Å². The Kier molecular flexibility index (Phi) is 6.37. The number of nitriles is 1. The summed E-state index contributed by atoms with van der Waals surface area (Å²) in [4.78, 5) is 4.74. The van der Waals surface area contributed by atoms with Crippen LogP contribution in [0.25, 0.3) is 54.2 Å². The molecule has 0 aromatic heterocycles. The number of benzene rings is 9. The summed E-state index contributed by atoms with van der Waals surface area (Å²) in [5.74, 6) is 0. The maximum atomic E-state index is 10.3. The lowest BCUT2D eigenvalue weighted by atomic mass is 9.91. The summed E-state index contributed by atoms with van der Waals surface area (Å²) in [5, 5.41) is 20.2. The minimum Gasteiger partial charge on any atom is -0.340 e. The molecule has 9 aromatic carbocycles. The molecule has 10 rings (SSSR count). The molecule has 0 N–H and O–H groups in total. The average Bonchev–Trinajstić information content (AvgIpc) is 3.62. The van der Waals surface area contributed by atoms with E-state index in [9.17, 15) is 5.26 Å². The number of rotatable bonds is 5. The molecule has 0 saturated heterocycles. The normalized spacial score (nSPS) is 12.6. The number of fused-ring (bicyclic) bond motifs is 2. The summed E-state index contributed by atoms with van der Waals surface area (Å²) in [6.45, 7) is 0.975. The summed E-state index contributed by atoms with van der Waals surface area (Å²) in [5.41, 5.74) is 9.82. The minimum atomic E-state index is 0.631. The lowest BCUT2D eigenvalue weighted by Crippen LogP contribution is -2.14. The molecule has 9 aromatic rings. The highest BCUT2D eigenvalue weighted by Crippen LogP contribution is 2.47. The first-order chi connectivity index (χ1) is 24.7. The van der Waals surface area contributed by atoms with Gasteiger partial charge in [0.05, 0.1) is 16.9 Å². The number of nitrogens with zero attached hydrogens (tertiary/aromatic N) is 3. The second-order valence-corrected chi connectivity index (χ2v) is 13.2. The molecular weight excluding hydrogens is 607 g/mol. The van der Waals surface area contributed by atoms with Crippen molar-refractivity contribution in [2.24, 2.45) is 0 Å². The lowest BCUT2D eigenvalue weighted by molar-refractivity contribution is 1.00. The Hall–Kier alpha value is -6.63. The summed E-state index contributed by atoms with van der Waals surface area (Å²) in [6, 6.07) is 61.1. The first-order valence-corrected chi connectivity index (χ1v) is 17.2. The van der Waals surface area contributed by atoms with Crippen LogP contribution in [0.5, 0.6) is 0 Å². The number of hydrogen-bond donors (Lipinski definition) is 0. The van der Waals surface area contributed by atoms with E-state index in [1.54, 1.807) is 0 Å². The quantitative estimate of drug-likeness (QED) is 0.176. The van der Waals surface area contributed by atoms with Crippen molar-refractivity contribution in [1.29, 1.82) is 5.26 Å². The van der Waals surface area contributed by atoms with E-state index in [2.05, 4.69) is 161 Å². The molecule has 3 heteroatoms. The van der Waals surface area contributed by atoms with Crippen molar-refractivity contribution in [2.75, 3.05) is 16.3 Å². The molecule has 1 aliphatic rings. The predicted molar refractivity (Wildman–Crippen MR) is 210 cm³/mol. The van der Waals surface area contributed by atoms with Crippen molar-refractivity contribution in [3.63, 3.8) is 0 Å². The van der Waals surface area contributed by atoms with E-state index < -0.39 is 0 Å². The third-order valence-corrected chi connectivity index (χ3v) is 10.5. The van der Waals surface area contributed by atoms with Gasteiger partial charge < -0.3 is 9.80 Å². The molecule has 0 amide bonds. The third-order valence-electron chi connectivity index (χ3n) is 10.5. The second kappa shape index (κ2) is 11.2. The Morgan fingerprint density at radius 1 is 0.500 bits per heavy atom. The third kappa shape index (κ3) is 4.36. The molecule has 0 aliphatic carbocycles. The van der Waals surface area contributed by atoms with Crippen LogP contribution in [0.15, 0.2) is 164 Å². The van der Waals surface area contributed by atoms with Gasteiger partial charge in [0.2, 0.25) is 0 Å². The molecule has 50 heavy (non-hydrogen) atoms. The predicted octanol–water partition coefficient (Wildman–Crippen LogP) is 12.4. The highest BCUT2D eigenvalue weighted by Gasteiger charge is 2.24. The molecule has 0 fully saturated rings. The standard InChI is InChI=1S/C47H31N3/c48-30-38-10-4-6-12-43(38)50(39-21-15-32(16-22-39)37-14-13-31-7-1-2-9-36(31)29-37)45-26-20-35-17-23-40-44(49-28-27-33-8-3-5-11-42(33)49)25-19-34-18-24-41(45)47(35)46(34)40/h1-26,29H,27-28H2. The van der Waals surface area contributed by atoms with E-state index in [1.807, 2.05) is 18.2 Å². The van der Waals surface area contributed by atoms with Gasteiger partial charge in [0, 0.05) is 34.4 Å². The Morgan fingerprint density at radius 3 is 2.02 bits per heavy atom. The van der Waals surface area contributed by atoms with E-state index >= 15 is 0 Å². The van der Waals surface area contributed by atoms with E-state index in [1.165, 1.54) is 60.2 Å². The average molecular weight is 638 g/mol. The van der Waals surface area contributed by atoms with Gasteiger partial charge >= 0.3 is 0 Å². The molecule has 0 bridgehead atoms. The maximum Gasteiger partial charge on any atom is 0.101 e. The lowest BCUT2D eigenvalue weighted by Gasteiger charge is -2.29. The van der Waals surface area contributed by atoms with Crippen molar-refractivity contribution in [2.45, 2.75) is 6.42 Å². The van der Waals surface area contributed by atoms with Crippen LogP contribution in [-0.2, 0) is 6.42 Å². The number of hydrogen-bond acceptors (Lipinski definition) is 3. The molecule has 0 saturated carbocycles. The molecule has 0 radical (unpaired) electrons. The van der Waals surface area contributed by atoms with Gasteiger partial charge in [-0.3, -0.25) is 0 Å². The summed E-state index contributed by atoms with van der Waals surface area (Å²) < 4.78 is 0. The van der Waals surface area contributed by atoms with Crippen molar-refractivity contribution in [3.05, 3.63) is 175 Å². The maximum absolute atomic E-state index is 10.3. The van der Waals surface area contributed by atoms with Gasteiger partial charge in [-0.15, -0.1) is 0 Å².